The van der Waals surface area contributed by atoms with Crippen LogP contribution in [-0.4, -0.2) is 4.92 Å². The minimum atomic E-state index is -0.470. The SMILES string of the molecule is Nc1ccc(/N=N/c2cccc([N+](=O)[O-])c2)cc1. The van der Waals surface area contributed by atoms with E-state index in [1.165, 1.54) is 12.1 Å². The van der Waals surface area contributed by atoms with Crippen molar-refractivity contribution in [2.75, 3.05) is 5.73 Å². The van der Waals surface area contributed by atoms with Gasteiger partial charge in [-0.3, -0.25) is 10.1 Å². The third-order valence-electron chi connectivity index (χ3n) is 2.21. The van der Waals surface area contributed by atoms with E-state index >= 15 is 0 Å². The molecule has 0 aliphatic rings. The van der Waals surface area contributed by atoms with E-state index in [4.69, 9.17) is 5.73 Å². The average Bonchev–Trinajstić information content (AvgIpc) is 2.38. The summed E-state index contributed by atoms with van der Waals surface area (Å²) < 4.78 is 0. The maximum atomic E-state index is 10.6. The number of anilines is 1. The Morgan fingerprint density at radius 2 is 1.67 bits per heavy atom. The molecule has 2 aromatic carbocycles. The smallest absolute Gasteiger partial charge is 0.271 e. The number of benzene rings is 2. The summed E-state index contributed by atoms with van der Waals surface area (Å²) in [5.41, 5.74) is 7.24. The third-order valence-corrected chi connectivity index (χ3v) is 2.21. The van der Waals surface area contributed by atoms with E-state index < -0.39 is 4.92 Å². The molecule has 90 valence electrons. The molecule has 18 heavy (non-hydrogen) atoms. The van der Waals surface area contributed by atoms with E-state index in [9.17, 15) is 10.1 Å². The van der Waals surface area contributed by atoms with Crippen LogP contribution in [0.4, 0.5) is 22.7 Å². The summed E-state index contributed by atoms with van der Waals surface area (Å²) in [6.07, 6.45) is 0. The lowest BCUT2D eigenvalue weighted by Gasteiger charge is -1.95. The molecular weight excluding hydrogens is 232 g/mol. The standard InChI is InChI=1S/C12H10N4O2/c13-9-4-6-10(7-5-9)14-15-11-2-1-3-12(8-11)16(17)18/h1-8H,13H2/b15-14+. The molecule has 0 spiro atoms. The molecule has 0 aliphatic heterocycles. The van der Waals surface area contributed by atoms with Crippen LogP contribution < -0.4 is 5.73 Å². The quantitative estimate of drug-likeness (QED) is 0.385. The van der Waals surface area contributed by atoms with Gasteiger partial charge in [0.2, 0.25) is 0 Å². The zero-order chi connectivity index (χ0) is 13.0. The summed E-state index contributed by atoms with van der Waals surface area (Å²) in [5, 5.41) is 18.5. The fraction of sp³-hybridized carbons (Fsp3) is 0. The number of nitro groups is 1. The van der Waals surface area contributed by atoms with Gasteiger partial charge < -0.3 is 5.73 Å². The van der Waals surface area contributed by atoms with Crippen molar-refractivity contribution in [3.8, 4) is 0 Å². The zero-order valence-corrected chi connectivity index (χ0v) is 9.35. The Labute approximate surface area is 103 Å². The highest BCUT2D eigenvalue weighted by Crippen LogP contribution is 2.22. The number of nitrogens with two attached hydrogens (primary N) is 1. The van der Waals surface area contributed by atoms with Gasteiger partial charge in [0.1, 0.15) is 0 Å². The highest BCUT2D eigenvalue weighted by Gasteiger charge is 2.04. The van der Waals surface area contributed by atoms with Gasteiger partial charge in [-0.2, -0.15) is 10.2 Å². The van der Waals surface area contributed by atoms with Crippen LogP contribution >= 0.6 is 0 Å². The number of nitro benzene ring substituents is 1. The number of nitrogens with zero attached hydrogens (tertiary/aromatic N) is 3. The van der Waals surface area contributed by atoms with Crippen molar-refractivity contribution >= 4 is 22.7 Å². The maximum Gasteiger partial charge on any atom is 0.271 e. The Balaban J connectivity index is 2.20. The predicted octanol–water partition coefficient (Wildman–Crippen LogP) is 3.59. The molecular formula is C12H10N4O2. The molecule has 0 saturated heterocycles. The van der Waals surface area contributed by atoms with Gasteiger partial charge in [0.15, 0.2) is 0 Å². The van der Waals surface area contributed by atoms with Crippen LogP contribution in [0.5, 0.6) is 0 Å². The molecule has 6 nitrogen and oxygen atoms in total. The molecule has 0 heterocycles. The van der Waals surface area contributed by atoms with Gasteiger partial charge in [-0.25, -0.2) is 0 Å². The van der Waals surface area contributed by atoms with Crippen molar-refractivity contribution < 1.29 is 4.92 Å². The first-order valence-electron chi connectivity index (χ1n) is 5.17. The predicted molar refractivity (Wildman–Crippen MR) is 68.1 cm³/mol. The zero-order valence-electron chi connectivity index (χ0n) is 9.35. The highest BCUT2D eigenvalue weighted by atomic mass is 16.6. The molecule has 0 atom stereocenters. The van der Waals surface area contributed by atoms with Crippen LogP contribution in [0.1, 0.15) is 0 Å². The van der Waals surface area contributed by atoms with E-state index in [2.05, 4.69) is 10.2 Å². The van der Waals surface area contributed by atoms with E-state index in [-0.39, 0.29) is 5.69 Å². The molecule has 0 amide bonds. The van der Waals surface area contributed by atoms with Crippen LogP contribution in [0.3, 0.4) is 0 Å². The Hall–Kier alpha value is -2.76. The first kappa shape index (κ1) is 11.7. The van der Waals surface area contributed by atoms with Gasteiger partial charge >= 0.3 is 0 Å². The Morgan fingerprint density at radius 1 is 1.00 bits per heavy atom. The summed E-state index contributed by atoms with van der Waals surface area (Å²) >= 11 is 0. The van der Waals surface area contributed by atoms with Crippen LogP contribution in [0.2, 0.25) is 0 Å². The Morgan fingerprint density at radius 3 is 2.33 bits per heavy atom. The van der Waals surface area contributed by atoms with Crippen molar-refractivity contribution in [2.24, 2.45) is 10.2 Å². The van der Waals surface area contributed by atoms with Crippen molar-refractivity contribution in [3.63, 3.8) is 0 Å². The van der Waals surface area contributed by atoms with E-state index in [1.807, 2.05) is 0 Å². The third kappa shape index (κ3) is 2.88. The molecule has 0 radical (unpaired) electrons. The van der Waals surface area contributed by atoms with Crippen molar-refractivity contribution in [2.45, 2.75) is 0 Å². The second-order valence-corrected chi connectivity index (χ2v) is 3.57. The van der Waals surface area contributed by atoms with Gasteiger partial charge in [-0.05, 0) is 30.3 Å². The summed E-state index contributed by atoms with van der Waals surface area (Å²) in [4.78, 5) is 10.1. The van der Waals surface area contributed by atoms with Crippen LogP contribution in [0.15, 0.2) is 58.8 Å². The number of rotatable bonds is 3. The van der Waals surface area contributed by atoms with E-state index in [0.717, 1.165) is 0 Å². The lowest BCUT2D eigenvalue weighted by molar-refractivity contribution is -0.384. The average molecular weight is 242 g/mol. The Bertz CT molecular complexity index is 593. The second kappa shape index (κ2) is 5.05. The first-order chi connectivity index (χ1) is 8.65. The fourth-order valence-corrected chi connectivity index (χ4v) is 1.33. The highest BCUT2D eigenvalue weighted by molar-refractivity contribution is 5.49. The van der Waals surface area contributed by atoms with Crippen molar-refractivity contribution in [1.29, 1.82) is 0 Å². The lowest BCUT2D eigenvalue weighted by atomic mass is 10.3. The number of azo groups is 1. The maximum absolute atomic E-state index is 10.6. The molecule has 0 bridgehead atoms. The van der Waals surface area contributed by atoms with Crippen LogP contribution in [-0.2, 0) is 0 Å². The summed E-state index contributed by atoms with van der Waals surface area (Å²) in [6, 6.07) is 12.8. The first-order valence-corrected chi connectivity index (χ1v) is 5.17. The van der Waals surface area contributed by atoms with E-state index in [1.54, 1.807) is 36.4 Å². The molecule has 2 N–H and O–H groups in total. The molecule has 0 saturated carbocycles. The number of hydrogen-bond acceptors (Lipinski definition) is 5. The van der Waals surface area contributed by atoms with Crippen LogP contribution in [0.25, 0.3) is 0 Å². The minimum Gasteiger partial charge on any atom is -0.399 e. The van der Waals surface area contributed by atoms with Gasteiger partial charge in [-0.15, -0.1) is 0 Å². The van der Waals surface area contributed by atoms with Gasteiger partial charge in [-0.1, -0.05) is 6.07 Å². The molecule has 2 aromatic rings. The second-order valence-electron chi connectivity index (χ2n) is 3.57. The Kier molecular flexibility index (Phi) is 3.29. The topological polar surface area (TPSA) is 93.9 Å². The van der Waals surface area contributed by atoms with Gasteiger partial charge in [0, 0.05) is 17.8 Å². The number of nitrogen functional groups attached to an aromatic ring is 1. The summed E-state index contributed by atoms with van der Waals surface area (Å²) in [6.45, 7) is 0. The van der Waals surface area contributed by atoms with E-state index in [0.29, 0.717) is 17.1 Å². The van der Waals surface area contributed by atoms with Crippen molar-refractivity contribution in [3.05, 3.63) is 58.6 Å². The van der Waals surface area contributed by atoms with Gasteiger partial charge in [0.25, 0.3) is 5.69 Å². The lowest BCUT2D eigenvalue weighted by Crippen LogP contribution is -1.85. The van der Waals surface area contributed by atoms with Gasteiger partial charge in [0.05, 0.1) is 16.3 Å². The minimum absolute atomic E-state index is 0.0104. The normalized spacial score (nSPS) is 10.7. The number of hydrogen-bond donors (Lipinski definition) is 1. The molecule has 0 unspecified atom stereocenters. The molecule has 0 aromatic heterocycles. The summed E-state index contributed by atoms with van der Waals surface area (Å²) in [5.74, 6) is 0. The molecule has 2 rings (SSSR count). The molecule has 6 heteroatoms. The monoisotopic (exact) mass is 242 g/mol. The summed E-state index contributed by atoms with van der Waals surface area (Å²) in [7, 11) is 0. The van der Waals surface area contributed by atoms with Crippen molar-refractivity contribution in [1.82, 2.24) is 0 Å². The fourth-order valence-electron chi connectivity index (χ4n) is 1.33. The van der Waals surface area contributed by atoms with Crippen LogP contribution in [0, 0.1) is 10.1 Å². The molecule has 0 aliphatic carbocycles. The number of non-ortho nitro benzene ring substituents is 1. The largest absolute Gasteiger partial charge is 0.399 e. The molecule has 0 fully saturated rings.